The van der Waals surface area contributed by atoms with Crippen LogP contribution in [0.4, 0.5) is 0 Å². The molecule has 2 aliphatic heterocycles. The quantitative estimate of drug-likeness (QED) is 0.830. The number of carbonyl (C=O) groups excluding carboxylic acids is 1. The van der Waals surface area contributed by atoms with Crippen molar-refractivity contribution in [1.82, 2.24) is 15.1 Å². The predicted molar refractivity (Wildman–Crippen MR) is 89.4 cm³/mol. The number of hydrogen-bond donors (Lipinski definition) is 1. The average Bonchev–Trinajstić information content (AvgIpc) is 3.38. The van der Waals surface area contributed by atoms with Gasteiger partial charge in [0.05, 0.1) is 13.0 Å². The summed E-state index contributed by atoms with van der Waals surface area (Å²) in [6.45, 7) is 1.73. The van der Waals surface area contributed by atoms with Gasteiger partial charge in [-0.2, -0.15) is 5.10 Å². The van der Waals surface area contributed by atoms with E-state index in [9.17, 15) is 4.79 Å². The molecule has 1 fully saturated rings. The smallest absolute Gasteiger partial charge is 0.310 e. The number of aromatic nitrogens is 2. The summed E-state index contributed by atoms with van der Waals surface area (Å²) < 4.78 is 17.8. The first kappa shape index (κ1) is 16.0. The topological polar surface area (TPSA) is 74.6 Å². The van der Waals surface area contributed by atoms with Gasteiger partial charge in [-0.25, -0.2) is 0 Å². The molecule has 4 rings (SSSR count). The number of benzene rings is 1. The second kappa shape index (κ2) is 6.76. The van der Waals surface area contributed by atoms with E-state index in [2.05, 4.69) is 10.4 Å². The number of fused-ring (bicyclic) bond motifs is 1. The monoisotopic (exact) mass is 343 g/mol. The van der Waals surface area contributed by atoms with E-state index in [-0.39, 0.29) is 30.6 Å². The van der Waals surface area contributed by atoms with Gasteiger partial charge in [0.1, 0.15) is 0 Å². The van der Waals surface area contributed by atoms with E-state index in [1.165, 1.54) is 7.11 Å². The molecule has 3 atom stereocenters. The summed E-state index contributed by atoms with van der Waals surface area (Å²) in [5, 5.41) is 7.71. The number of esters is 1. The minimum atomic E-state index is -0.235. The zero-order valence-corrected chi connectivity index (χ0v) is 14.1. The minimum Gasteiger partial charge on any atom is -0.469 e. The van der Waals surface area contributed by atoms with Gasteiger partial charge < -0.3 is 19.5 Å². The highest BCUT2D eigenvalue weighted by Gasteiger charge is 2.42. The van der Waals surface area contributed by atoms with Gasteiger partial charge in [-0.1, -0.05) is 6.07 Å². The molecule has 1 aromatic heterocycles. The van der Waals surface area contributed by atoms with Crippen molar-refractivity contribution in [3.05, 3.63) is 42.2 Å². The highest BCUT2D eigenvalue weighted by atomic mass is 16.7. The Hall–Kier alpha value is -2.54. The van der Waals surface area contributed by atoms with Crippen molar-refractivity contribution in [3.8, 4) is 11.5 Å². The molecule has 7 heteroatoms. The van der Waals surface area contributed by atoms with Crippen LogP contribution in [0, 0.1) is 5.92 Å². The summed E-state index contributed by atoms with van der Waals surface area (Å²) >= 11 is 0. The molecule has 25 heavy (non-hydrogen) atoms. The Balaban J connectivity index is 1.54. The molecule has 0 saturated carbocycles. The summed E-state index contributed by atoms with van der Waals surface area (Å²) in [6.07, 6.45) is 4.50. The van der Waals surface area contributed by atoms with E-state index in [0.29, 0.717) is 0 Å². The maximum Gasteiger partial charge on any atom is 0.310 e. The van der Waals surface area contributed by atoms with Crippen LogP contribution in [-0.2, 0) is 16.1 Å². The lowest BCUT2D eigenvalue weighted by Gasteiger charge is -2.22. The zero-order valence-electron chi connectivity index (χ0n) is 14.1. The van der Waals surface area contributed by atoms with E-state index >= 15 is 0 Å². The Labute approximate surface area is 145 Å². The molecule has 132 valence electrons. The zero-order chi connectivity index (χ0) is 17.2. The maximum atomic E-state index is 12.5. The Morgan fingerprint density at radius 1 is 1.40 bits per heavy atom. The molecule has 0 spiro atoms. The van der Waals surface area contributed by atoms with E-state index < -0.39 is 0 Å². The SMILES string of the molecule is COC(=O)[C@H]1[C@H](CCn2cccn2)NC[C@@H]1c1ccc2c(c1)OCO2. The minimum absolute atomic E-state index is 0.0459. The Bertz CT molecular complexity index is 747. The van der Waals surface area contributed by atoms with Crippen LogP contribution in [0.5, 0.6) is 11.5 Å². The molecular weight excluding hydrogens is 322 g/mol. The fraction of sp³-hybridized carbons (Fsp3) is 0.444. The van der Waals surface area contributed by atoms with Crippen LogP contribution < -0.4 is 14.8 Å². The van der Waals surface area contributed by atoms with Crippen molar-refractivity contribution in [1.29, 1.82) is 0 Å². The summed E-state index contributed by atoms with van der Waals surface area (Å²) in [7, 11) is 1.45. The van der Waals surface area contributed by atoms with E-state index in [1.807, 2.05) is 35.1 Å². The van der Waals surface area contributed by atoms with Gasteiger partial charge in [0.2, 0.25) is 6.79 Å². The number of methoxy groups -OCH3 is 1. The number of aryl methyl sites for hydroxylation is 1. The second-order valence-corrected chi connectivity index (χ2v) is 6.34. The Morgan fingerprint density at radius 2 is 2.28 bits per heavy atom. The highest BCUT2D eigenvalue weighted by Crippen LogP contribution is 2.39. The third-order valence-electron chi connectivity index (χ3n) is 4.99. The fourth-order valence-corrected chi connectivity index (χ4v) is 3.73. The van der Waals surface area contributed by atoms with Gasteiger partial charge in [0, 0.05) is 37.4 Å². The molecule has 0 bridgehead atoms. The summed E-state index contributed by atoms with van der Waals surface area (Å²) in [4.78, 5) is 12.5. The van der Waals surface area contributed by atoms with Gasteiger partial charge in [-0.05, 0) is 30.2 Å². The van der Waals surface area contributed by atoms with Crippen LogP contribution in [0.25, 0.3) is 0 Å². The molecule has 0 aliphatic carbocycles. The van der Waals surface area contributed by atoms with Crippen molar-refractivity contribution < 1.29 is 19.0 Å². The molecule has 2 aliphatic rings. The molecule has 1 N–H and O–H groups in total. The van der Waals surface area contributed by atoms with Crippen LogP contribution >= 0.6 is 0 Å². The largest absolute Gasteiger partial charge is 0.469 e. The van der Waals surface area contributed by atoms with Crippen molar-refractivity contribution in [2.24, 2.45) is 5.92 Å². The van der Waals surface area contributed by atoms with Crippen LogP contribution in [-0.4, -0.2) is 42.2 Å². The number of nitrogens with one attached hydrogen (secondary N) is 1. The van der Waals surface area contributed by atoms with Gasteiger partial charge in [0.25, 0.3) is 0 Å². The molecule has 7 nitrogen and oxygen atoms in total. The van der Waals surface area contributed by atoms with Crippen LogP contribution in [0.15, 0.2) is 36.7 Å². The predicted octanol–water partition coefficient (Wildman–Crippen LogP) is 1.55. The first-order valence-corrected chi connectivity index (χ1v) is 8.44. The fourth-order valence-electron chi connectivity index (χ4n) is 3.73. The molecular formula is C18H21N3O4. The summed E-state index contributed by atoms with van der Waals surface area (Å²) in [5.41, 5.74) is 1.06. The third kappa shape index (κ3) is 3.07. The Kier molecular flexibility index (Phi) is 4.31. The standard InChI is InChI=1S/C18H21N3O4/c1-23-18(22)17-13(12-3-4-15-16(9-12)25-11-24-15)10-19-14(17)5-8-21-7-2-6-20-21/h2-4,6-7,9,13-14,17,19H,5,8,10-11H2,1H3/t13-,14+,17-/m1/s1. The first-order chi connectivity index (χ1) is 12.3. The number of nitrogens with zero attached hydrogens (tertiary/aromatic N) is 2. The molecule has 2 aromatic rings. The van der Waals surface area contributed by atoms with Crippen molar-refractivity contribution in [3.63, 3.8) is 0 Å². The van der Waals surface area contributed by atoms with Crippen LogP contribution in [0.1, 0.15) is 17.9 Å². The second-order valence-electron chi connectivity index (χ2n) is 6.34. The van der Waals surface area contributed by atoms with Crippen LogP contribution in [0.3, 0.4) is 0 Å². The van der Waals surface area contributed by atoms with E-state index in [4.69, 9.17) is 14.2 Å². The van der Waals surface area contributed by atoms with E-state index in [1.54, 1.807) is 6.20 Å². The molecule has 0 radical (unpaired) electrons. The lowest BCUT2D eigenvalue weighted by molar-refractivity contribution is -0.146. The molecule has 1 saturated heterocycles. The number of ether oxygens (including phenoxy) is 3. The average molecular weight is 343 g/mol. The van der Waals surface area contributed by atoms with Crippen LogP contribution in [0.2, 0.25) is 0 Å². The van der Waals surface area contributed by atoms with Crippen molar-refractivity contribution in [2.45, 2.75) is 24.9 Å². The van der Waals surface area contributed by atoms with Crippen molar-refractivity contribution in [2.75, 3.05) is 20.4 Å². The summed E-state index contributed by atoms with van der Waals surface area (Å²) in [5.74, 6) is 1.12. The van der Waals surface area contributed by atoms with Crippen molar-refractivity contribution >= 4 is 5.97 Å². The third-order valence-corrected chi connectivity index (χ3v) is 4.99. The maximum absolute atomic E-state index is 12.5. The molecule has 1 aromatic carbocycles. The van der Waals surface area contributed by atoms with Gasteiger partial charge in [-0.15, -0.1) is 0 Å². The lowest BCUT2D eigenvalue weighted by Crippen LogP contribution is -2.34. The normalized spacial score (nSPS) is 24.4. The Morgan fingerprint density at radius 3 is 3.08 bits per heavy atom. The molecule has 3 heterocycles. The number of hydrogen-bond acceptors (Lipinski definition) is 6. The van der Waals surface area contributed by atoms with Gasteiger partial charge in [0.15, 0.2) is 11.5 Å². The molecule has 0 amide bonds. The lowest BCUT2D eigenvalue weighted by atomic mass is 9.84. The van der Waals surface area contributed by atoms with Gasteiger partial charge >= 0.3 is 5.97 Å². The van der Waals surface area contributed by atoms with Gasteiger partial charge in [-0.3, -0.25) is 9.48 Å². The first-order valence-electron chi connectivity index (χ1n) is 8.44. The summed E-state index contributed by atoms with van der Waals surface area (Å²) in [6, 6.07) is 7.83. The number of rotatable bonds is 5. The molecule has 0 unspecified atom stereocenters. The highest BCUT2D eigenvalue weighted by molar-refractivity contribution is 5.75. The number of carbonyl (C=O) groups is 1. The van der Waals surface area contributed by atoms with E-state index in [0.717, 1.165) is 36.6 Å².